The van der Waals surface area contributed by atoms with Crippen LogP contribution in [0.3, 0.4) is 0 Å². The number of rotatable bonds is 1. The fourth-order valence-corrected chi connectivity index (χ4v) is 3.45. The van der Waals surface area contributed by atoms with Gasteiger partial charge in [-0.15, -0.1) is 0 Å². The highest BCUT2D eigenvalue weighted by Gasteiger charge is 2.17. The molecule has 0 unspecified atom stereocenters. The highest BCUT2D eigenvalue weighted by atomic mass is 79.9. The van der Waals surface area contributed by atoms with Crippen LogP contribution in [-0.4, -0.2) is 13.4 Å². The Morgan fingerprint density at radius 2 is 2.17 bits per heavy atom. The number of aryl methyl sites for hydroxylation is 1. The maximum absolute atomic E-state index is 11.0. The van der Waals surface area contributed by atoms with Gasteiger partial charge in [0, 0.05) is 16.9 Å². The lowest BCUT2D eigenvalue weighted by molar-refractivity contribution is 0.608. The Morgan fingerprint density at radius 1 is 1.58 bits per heavy atom. The summed E-state index contributed by atoms with van der Waals surface area (Å²) in [7, 11) is 1.47. The molecule has 0 aromatic carbocycles. The van der Waals surface area contributed by atoms with E-state index in [9.17, 15) is 8.42 Å². The molecule has 0 fully saturated rings. The van der Waals surface area contributed by atoms with Gasteiger partial charge in [0.1, 0.15) is 9.50 Å². The van der Waals surface area contributed by atoms with E-state index < -0.39 is 9.05 Å². The Balaban J connectivity index is 3.53. The lowest BCUT2D eigenvalue weighted by Crippen LogP contribution is -1.97. The number of nitrogens with zero attached hydrogens (tertiary/aromatic N) is 1. The van der Waals surface area contributed by atoms with Crippen molar-refractivity contribution in [1.29, 1.82) is 0 Å². The summed E-state index contributed by atoms with van der Waals surface area (Å²) in [6, 6.07) is 1.58. The third kappa shape index (κ3) is 1.97. The largest absolute Gasteiger partial charge is 0.264 e. The topological polar surface area (TPSA) is 47.0 Å². The molecule has 6 heteroatoms. The van der Waals surface area contributed by atoms with Crippen molar-refractivity contribution in [3.8, 4) is 0 Å². The molecule has 0 amide bonds. The Hall–Kier alpha value is -0.130. The van der Waals surface area contributed by atoms with E-state index in [1.54, 1.807) is 13.0 Å². The standard InChI is InChI=1S/C6H5BrClNO2S/c1-4-2-3-9-6(7)5(4)12(8,10)11/h2-3H,1H3. The van der Waals surface area contributed by atoms with E-state index in [1.807, 2.05) is 0 Å². The van der Waals surface area contributed by atoms with Crippen LogP contribution in [-0.2, 0) is 9.05 Å². The van der Waals surface area contributed by atoms with Crippen LogP contribution >= 0.6 is 26.6 Å². The predicted octanol–water partition coefficient (Wildman–Crippen LogP) is 2.08. The second-order valence-corrected chi connectivity index (χ2v) is 5.44. The van der Waals surface area contributed by atoms with E-state index >= 15 is 0 Å². The molecule has 0 aliphatic carbocycles. The van der Waals surface area contributed by atoms with Crippen LogP contribution < -0.4 is 0 Å². The number of aromatic nitrogens is 1. The normalized spacial score (nSPS) is 11.6. The highest BCUT2D eigenvalue weighted by molar-refractivity contribution is 9.10. The van der Waals surface area contributed by atoms with Gasteiger partial charge in [0.2, 0.25) is 0 Å². The van der Waals surface area contributed by atoms with Crippen molar-refractivity contribution in [2.45, 2.75) is 11.8 Å². The molecule has 0 spiro atoms. The first kappa shape index (κ1) is 9.95. The second-order valence-electron chi connectivity index (χ2n) is 2.19. The third-order valence-electron chi connectivity index (χ3n) is 1.30. The van der Waals surface area contributed by atoms with E-state index in [1.165, 1.54) is 6.20 Å². The molecule has 0 aliphatic heterocycles. The second kappa shape index (κ2) is 3.32. The maximum atomic E-state index is 11.0. The monoisotopic (exact) mass is 269 g/mol. The molecule has 1 heterocycles. The lowest BCUT2D eigenvalue weighted by Gasteiger charge is -2.01. The summed E-state index contributed by atoms with van der Waals surface area (Å²) in [6.07, 6.45) is 1.50. The SMILES string of the molecule is Cc1ccnc(Br)c1S(=O)(=O)Cl. The zero-order valence-electron chi connectivity index (χ0n) is 6.08. The number of hydrogen-bond acceptors (Lipinski definition) is 3. The van der Waals surface area contributed by atoms with Gasteiger partial charge in [0.25, 0.3) is 9.05 Å². The van der Waals surface area contributed by atoms with Crippen molar-refractivity contribution >= 4 is 35.7 Å². The van der Waals surface area contributed by atoms with Crippen molar-refractivity contribution in [1.82, 2.24) is 4.98 Å². The molecule has 1 aromatic heterocycles. The molecule has 0 bridgehead atoms. The van der Waals surface area contributed by atoms with Crippen molar-refractivity contribution in [3.63, 3.8) is 0 Å². The number of halogens is 2. The fraction of sp³-hybridized carbons (Fsp3) is 0.167. The summed E-state index contributed by atoms with van der Waals surface area (Å²) in [6.45, 7) is 1.65. The maximum Gasteiger partial charge on any atom is 0.264 e. The Kier molecular flexibility index (Phi) is 2.75. The van der Waals surface area contributed by atoms with E-state index in [4.69, 9.17) is 10.7 Å². The van der Waals surface area contributed by atoms with Gasteiger partial charge in [-0.1, -0.05) is 0 Å². The van der Waals surface area contributed by atoms with Gasteiger partial charge in [-0.2, -0.15) is 0 Å². The van der Waals surface area contributed by atoms with Gasteiger partial charge >= 0.3 is 0 Å². The molecule has 0 saturated carbocycles. The van der Waals surface area contributed by atoms with Gasteiger partial charge in [-0.25, -0.2) is 13.4 Å². The molecule has 12 heavy (non-hydrogen) atoms. The molecule has 0 N–H and O–H groups in total. The van der Waals surface area contributed by atoms with Crippen LogP contribution in [0.25, 0.3) is 0 Å². The fourth-order valence-electron chi connectivity index (χ4n) is 0.804. The van der Waals surface area contributed by atoms with Gasteiger partial charge in [0.15, 0.2) is 0 Å². The average Bonchev–Trinajstić information content (AvgIpc) is 1.82. The minimum atomic E-state index is -3.70. The van der Waals surface area contributed by atoms with Gasteiger partial charge in [-0.3, -0.25) is 0 Å². The molecular weight excluding hydrogens is 265 g/mol. The van der Waals surface area contributed by atoms with E-state index in [0.717, 1.165) is 0 Å². The predicted molar refractivity (Wildman–Crippen MR) is 49.7 cm³/mol. The molecular formula is C6H5BrClNO2S. The number of hydrogen-bond donors (Lipinski definition) is 0. The Labute approximate surface area is 83.3 Å². The molecule has 0 radical (unpaired) electrons. The van der Waals surface area contributed by atoms with Crippen LogP contribution in [0.5, 0.6) is 0 Å². The smallest absolute Gasteiger partial charge is 0.248 e. The van der Waals surface area contributed by atoms with E-state index in [2.05, 4.69) is 20.9 Å². The van der Waals surface area contributed by atoms with Gasteiger partial charge in [0.05, 0.1) is 0 Å². The van der Waals surface area contributed by atoms with Gasteiger partial charge in [-0.05, 0) is 34.5 Å². The molecule has 66 valence electrons. The highest BCUT2D eigenvalue weighted by Crippen LogP contribution is 2.25. The molecule has 0 aliphatic rings. The summed E-state index contributed by atoms with van der Waals surface area (Å²) in [5.41, 5.74) is 0.576. The minimum absolute atomic E-state index is 0.0340. The first-order valence-electron chi connectivity index (χ1n) is 2.98. The molecule has 0 atom stereocenters. The Bertz CT molecular complexity index is 384. The van der Waals surface area contributed by atoms with Crippen LogP contribution in [0.4, 0.5) is 0 Å². The quantitative estimate of drug-likeness (QED) is 0.580. The Morgan fingerprint density at radius 3 is 2.50 bits per heavy atom. The summed E-state index contributed by atoms with van der Waals surface area (Å²) in [5.74, 6) is 0. The van der Waals surface area contributed by atoms with Crippen molar-refractivity contribution < 1.29 is 8.42 Å². The van der Waals surface area contributed by atoms with Crippen LogP contribution in [0, 0.1) is 6.92 Å². The van der Waals surface area contributed by atoms with Crippen molar-refractivity contribution in [2.24, 2.45) is 0 Å². The van der Waals surface area contributed by atoms with Crippen LogP contribution in [0.15, 0.2) is 21.8 Å². The first-order chi connectivity index (χ1) is 5.43. The first-order valence-corrected chi connectivity index (χ1v) is 6.09. The van der Waals surface area contributed by atoms with Crippen molar-refractivity contribution in [3.05, 3.63) is 22.4 Å². The summed E-state index contributed by atoms with van der Waals surface area (Å²) >= 11 is 3.01. The molecule has 1 aromatic rings. The summed E-state index contributed by atoms with van der Waals surface area (Å²) in [5, 5.41) is 0. The van der Waals surface area contributed by atoms with E-state index in [-0.39, 0.29) is 9.50 Å². The zero-order chi connectivity index (χ0) is 9.35. The van der Waals surface area contributed by atoms with Crippen LogP contribution in [0.1, 0.15) is 5.56 Å². The third-order valence-corrected chi connectivity index (χ3v) is 3.63. The average molecular weight is 271 g/mol. The zero-order valence-corrected chi connectivity index (χ0v) is 9.24. The van der Waals surface area contributed by atoms with Gasteiger partial charge < -0.3 is 0 Å². The van der Waals surface area contributed by atoms with E-state index in [0.29, 0.717) is 5.56 Å². The van der Waals surface area contributed by atoms with Crippen LogP contribution in [0.2, 0.25) is 0 Å². The molecule has 3 nitrogen and oxygen atoms in total. The molecule has 1 rings (SSSR count). The number of pyridine rings is 1. The summed E-state index contributed by atoms with van der Waals surface area (Å²) < 4.78 is 22.2. The molecule has 0 saturated heterocycles. The van der Waals surface area contributed by atoms with Crippen molar-refractivity contribution in [2.75, 3.05) is 0 Å². The lowest BCUT2D eigenvalue weighted by atomic mass is 10.3. The summed E-state index contributed by atoms with van der Waals surface area (Å²) in [4.78, 5) is 3.79. The minimum Gasteiger partial charge on any atom is -0.248 e.